The third-order valence-corrected chi connectivity index (χ3v) is 5.66. The largest absolute Gasteiger partial charge is 0.467 e. The van der Waals surface area contributed by atoms with E-state index >= 15 is 0 Å². The van der Waals surface area contributed by atoms with Crippen LogP contribution in [0.5, 0.6) is 0 Å². The van der Waals surface area contributed by atoms with Crippen molar-refractivity contribution in [3.8, 4) is 10.4 Å². The highest BCUT2D eigenvalue weighted by atomic mass is 32.1. The summed E-state index contributed by atoms with van der Waals surface area (Å²) in [4.78, 5) is 16.2. The second-order valence-corrected chi connectivity index (χ2v) is 8.12. The maximum absolute atomic E-state index is 5.61. The molecule has 0 unspecified atom stereocenters. The Kier molecular flexibility index (Phi) is 5.41. The van der Waals surface area contributed by atoms with Gasteiger partial charge in [-0.05, 0) is 44.8 Å². The van der Waals surface area contributed by atoms with Crippen molar-refractivity contribution in [2.24, 2.45) is 0 Å². The molecule has 0 spiro atoms. The summed E-state index contributed by atoms with van der Waals surface area (Å²) in [6, 6.07) is 16.6. The van der Waals surface area contributed by atoms with Crippen LogP contribution in [0.1, 0.15) is 11.6 Å². The molecule has 0 fully saturated rings. The standard InChI is InChI=1S/C22H24N4OS/c1-16-23-21(26(12-11-25(2)3)15-18-10-7-13-27-18)19-14-20(28-22(19)24-16)17-8-5-4-6-9-17/h4-10,13-14H,11-12,15H2,1-3H3. The minimum atomic E-state index is 0.683. The molecule has 0 amide bonds. The zero-order valence-electron chi connectivity index (χ0n) is 16.4. The van der Waals surface area contributed by atoms with Crippen LogP contribution in [-0.2, 0) is 6.54 Å². The molecule has 0 saturated carbocycles. The Labute approximate surface area is 169 Å². The highest BCUT2D eigenvalue weighted by molar-refractivity contribution is 7.21. The van der Waals surface area contributed by atoms with Crippen molar-refractivity contribution in [2.45, 2.75) is 13.5 Å². The molecule has 3 heterocycles. The predicted molar refractivity (Wildman–Crippen MR) is 116 cm³/mol. The number of anilines is 1. The summed E-state index contributed by atoms with van der Waals surface area (Å²) < 4.78 is 5.61. The number of thiophene rings is 1. The molecule has 6 heteroatoms. The molecule has 1 aromatic carbocycles. The third-order valence-electron chi connectivity index (χ3n) is 4.59. The topological polar surface area (TPSA) is 45.4 Å². The molecule has 5 nitrogen and oxygen atoms in total. The molecule has 0 N–H and O–H groups in total. The molecule has 4 rings (SSSR count). The smallest absolute Gasteiger partial charge is 0.141 e. The molecule has 0 aliphatic rings. The molecule has 0 saturated heterocycles. The first-order chi connectivity index (χ1) is 13.6. The van der Waals surface area contributed by atoms with Gasteiger partial charge in [-0.25, -0.2) is 9.97 Å². The summed E-state index contributed by atoms with van der Waals surface area (Å²) in [6.45, 7) is 4.43. The van der Waals surface area contributed by atoms with Crippen LogP contribution in [0.15, 0.2) is 59.2 Å². The van der Waals surface area contributed by atoms with E-state index in [0.29, 0.717) is 6.54 Å². The molecule has 144 valence electrons. The van der Waals surface area contributed by atoms with E-state index in [4.69, 9.17) is 14.4 Å². The van der Waals surface area contributed by atoms with Gasteiger partial charge in [-0.1, -0.05) is 30.3 Å². The summed E-state index contributed by atoms with van der Waals surface area (Å²) in [7, 11) is 4.17. The van der Waals surface area contributed by atoms with Gasteiger partial charge < -0.3 is 14.2 Å². The minimum Gasteiger partial charge on any atom is -0.467 e. The van der Waals surface area contributed by atoms with E-state index in [2.05, 4.69) is 54.2 Å². The van der Waals surface area contributed by atoms with Crippen LogP contribution in [0.4, 0.5) is 5.82 Å². The number of hydrogen-bond acceptors (Lipinski definition) is 6. The molecule has 28 heavy (non-hydrogen) atoms. The van der Waals surface area contributed by atoms with Gasteiger partial charge in [0, 0.05) is 18.0 Å². The lowest BCUT2D eigenvalue weighted by Gasteiger charge is -2.25. The maximum Gasteiger partial charge on any atom is 0.141 e. The fraction of sp³-hybridized carbons (Fsp3) is 0.273. The summed E-state index contributed by atoms with van der Waals surface area (Å²) >= 11 is 1.72. The van der Waals surface area contributed by atoms with E-state index in [1.807, 2.05) is 25.1 Å². The van der Waals surface area contributed by atoms with Crippen molar-refractivity contribution in [3.05, 3.63) is 66.4 Å². The van der Waals surface area contributed by atoms with Gasteiger partial charge in [-0.15, -0.1) is 11.3 Å². The van der Waals surface area contributed by atoms with Gasteiger partial charge in [-0.2, -0.15) is 0 Å². The molecule has 0 aliphatic heterocycles. The highest BCUT2D eigenvalue weighted by Crippen LogP contribution is 2.36. The number of hydrogen-bond donors (Lipinski definition) is 0. The zero-order chi connectivity index (χ0) is 19.5. The summed E-state index contributed by atoms with van der Waals surface area (Å²) in [5.74, 6) is 2.69. The van der Waals surface area contributed by atoms with Crippen LogP contribution in [0.2, 0.25) is 0 Å². The first kappa shape index (κ1) is 18.7. The Morgan fingerprint density at radius 2 is 1.82 bits per heavy atom. The fourth-order valence-corrected chi connectivity index (χ4v) is 4.24. The Bertz CT molecular complexity index is 1040. The molecule has 4 aromatic rings. The monoisotopic (exact) mass is 392 g/mol. The van der Waals surface area contributed by atoms with Crippen molar-refractivity contribution < 1.29 is 4.42 Å². The van der Waals surface area contributed by atoms with Crippen molar-refractivity contribution >= 4 is 27.4 Å². The Balaban J connectivity index is 1.78. The Morgan fingerprint density at radius 3 is 2.54 bits per heavy atom. The third kappa shape index (κ3) is 4.08. The second kappa shape index (κ2) is 8.12. The number of aromatic nitrogens is 2. The van der Waals surface area contributed by atoms with Gasteiger partial charge in [0.05, 0.1) is 18.2 Å². The first-order valence-corrected chi connectivity index (χ1v) is 10.2. The van der Waals surface area contributed by atoms with Crippen molar-refractivity contribution in [3.63, 3.8) is 0 Å². The lowest BCUT2D eigenvalue weighted by Crippen LogP contribution is -2.32. The van der Waals surface area contributed by atoms with Crippen molar-refractivity contribution in [1.82, 2.24) is 14.9 Å². The number of benzene rings is 1. The van der Waals surface area contributed by atoms with Crippen molar-refractivity contribution in [2.75, 3.05) is 32.1 Å². The van der Waals surface area contributed by atoms with E-state index in [9.17, 15) is 0 Å². The van der Waals surface area contributed by atoms with Crippen LogP contribution in [0.25, 0.3) is 20.7 Å². The minimum absolute atomic E-state index is 0.683. The summed E-state index contributed by atoms with van der Waals surface area (Å²) in [5, 5.41) is 1.10. The fourth-order valence-electron chi connectivity index (χ4n) is 3.17. The van der Waals surface area contributed by atoms with Gasteiger partial charge in [0.2, 0.25) is 0 Å². The average Bonchev–Trinajstić information content (AvgIpc) is 3.34. The molecule has 0 aliphatic carbocycles. The number of rotatable bonds is 7. The zero-order valence-corrected chi connectivity index (χ0v) is 17.2. The molecular weight excluding hydrogens is 368 g/mol. The van der Waals surface area contributed by atoms with Gasteiger partial charge in [0.1, 0.15) is 22.2 Å². The SMILES string of the molecule is Cc1nc(N(CCN(C)C)Cc2ccco2)c2cc(-c3ccccc3)sc2n1. The first-order valence-electron chi connectivity index (χ1n) is 9.36. The lowest BCUT2D eigenvalue weighted by atomic mass is 10.2. The van der Waals surface area contributed by atoms with E-state index in [0.717, 1.165) is 40.7 Å². The predicted octanol–water partition coefficient (Wildman–Crippen LogP) is 4.83. The maximum atomic E-state index is 5.61. The normalized spacial score (nSPS) is 11.4. The van der Waals surface area contributed by atoms with E-state index in [-0.39, 0.29) is 0 Å². The number of aryl methyl sites for hydroxylation is 1. The quantitative estimate of drug-likeness (QED) is 0.451. The van der Waals surface area contributed by atoms with Crippen LogP contribution in [0, 0.1) is 6.92 Å². The number of likely N-dealkylation sites (N-methyl/N-ethyl adjacent to an activating group) is 1. The van der Waals surface area contributed by atoms with Gasteiger partial charge in [0.15, 0.2) is 0 Å². The number of furan rings is 1. The molecule has 0 bridgehead atoms. The number of nitrogens with zero attached hydrogens (tertiary/aromatic N) is 4. The molecule has 0 radical (unpaired) electrons. The molecule has 0 atom stereocenters. The van der Waals surface area contributed by atoms with Crippen LogP contribution >= 0.6 is 11.3 Å². The van der Waals surface area contributed by atoms with Gasteiger partial charge >= 0.3 is 0 Å². The summed E-state index contributed by atoms with van der Waals surface area (Å²) in [5.41, 5.74) is 1.21. The van der Waals surface area contributed by atoms with E-state index < -0.39 is 0 Å². The van der Waals surface area contributed by atoms with Gasteiger partial charge in [0.25, 0.3) is 0 Å². The van der Waals surface area contributed by atoms with Crippen LogP contribution in [-0.4, -0.2) is 42.1 Å². The van der Waals surface area contributed by atoms with E-state index in [1.165, 1.54) is 10.4 Å². The Morgan fingerprint density at radius 1 is 1.00 bits per heavy atom. The van der Waals surface area contributed by atoms with Gasteiger partial charge in [-0.3, -0.25) is 0 Å². The van der Waals surface area contributed by atoms with Crippen LogP contribution in [0.3, 0.4) is 0 Å². The summed E-state index contributed by atoms with van der Waals surface area (Å²) in [6.07, 6.45) is 1.72. The van der Waals surface area contributed by atoms with Crippen LogP contribution < -0.4 is 4.90 Å². The Hall–Kier alpha value is -2.70. The molecular formula is C22H24N4OS. The second-order valence-electron chi connectivity index (χ2n) is 7.09. The highest BCUT2D eigenvalue weighted by Gasteiger charge is 2.18. The molecule has 3 aromatic heterocycles. The van der Waals surface area contributed by atoms with E-state index in [1.54, 1.807) is 17.6 Å². The number of fused-ring (bicyclic) bond motifs is 1. The lowest BCUT2D eigenvalue weighted by molar-refractivity contribution is 0.407. The van der Waals surface area contributed by atoms with Crippen molar-refractivity contribution in [1.29, 1.82) is 0 Å². The average molecular weight is 393 g/mol.